The normalized spacial score (nSPS) is 38.4. The molecular formula is C26H44N2O39S6. The highest BCUT2D eigenvalue weighted by Gasteiger charge is 2.59. The first kappa shape index (κ1) is 63.2. The van der Waals surface area contributed by atoms with Gasteiger partial charge in [0, 0.05) is 14.2 Å². The average molecular weight is 1200 g/mol. The number of carboxylic acid groups (broad SMARTS) is 2. The molecule has 47 heteroatoms. The minimum atomic E-state index is -5.87. The Labute approximate surface area is 409 Å². The van der Waals surface area contributed by atoms with E-state index in [-0.39, 0.29) is 0 Å². The van der Waals surface area contributed by atoms with Crippen LogP contribution in [0.2, 0.25) is 0 Å². The SMILES string of the molecule is CO[C@@H]1OC(COS(=O)(=O)O)[C@H](O[C@@H]2OC(C(=O)O)[C@H](O[C@@H]3OC(COS(=O)(=O)O)[C@H](O[C@@H]4OC(C(=O)O)[C@H](OC)[C@H](O)[C@@H]4OS(=O)(=O)O)[C@H](O)[C@@H]3NS(=O)(=O)O)[C@H](O)[C@@H]2O)[C@H](OS(=O)(=O)O)[C@@H]1NS(=O)(=O)O. The van der Waals surface area contributed by atoms with Gasteiger partial charge in [-0.15, -0.1) is 0 Å². The van der Waals surface area contributed by atoms with Gasteiger partial charge in [0.1, 0.15) is 79.2 Å². The Morgan fingerprint density at radius 3 is 1.32 bits per heavy atom. The van der Waals surface area contributed by atoms with Crippen LogP contribution in [0.1, 0.15) is 0 Å². The van der Waals surface area contributed by atoms with Crippen molar-refractivity contribution in [1.29, 1.82) is 0 Å². The molecule has 4 fully saturated rings. The Morgan fingerprint density at radius 2 is 0.863 bits per heavy atom. The third kappa shape index (κ3) is 17.8. The van der Waals surface area contributed by atoms with Crippen molar-refractivity contribution in [3.8, 4) is 0 Å². The van der Waals surface area contributed by atoms with E-state index < -0.39 is 210 Å². The van der Waals surface area contributed by atoms with E-state index in [1.165, 1.54) is 9.44 Å². The van der Waals surface area contributed by atoms with Gasteiger partial charge in [-0.25, -0.2) is 26.3 Å². The van der Waals surface area contributed by atoms with Crippen molar-refractivity contribution < 1.29 is 177 Å². The first-order chi connectivity index (χ1) is 33.1. The van der Waals surface area contributed by atoms with E-state index in [2.05, 4.69) is 16.7 Å². The predicted octanol–water partition coefficient (Wildman–Crippen LogP) is -10.1. The molecule has 0 aromatic rings. The Hall–Kier alpha value is -2.36. The predicted molar refractivity (Wildman–Crippen MR) is 211 cm³/mol. The molecule has 0 spiro atoms. The molecule has 428 valence electrons. The molecule has 20 atom stereocenters. The van der Waals surface area contributed by atoms with Gasteiger partial charge in [-0.2, -0.15) is 60.0 Å². The summed E-state index contributed by atoms with van der Waals surface area (Å²) in [6.07, 6.45) is -47.4. The number of ether oxygens (including phenoxy) is 9. The van der Waals surface area contributed by atoms with Crippen LogP contribution in [0.3, 0.4) is 0 Å². The fraction of sp³-hybridized carbons (Fsp3) is 0.923. The maximum Gasteiger partial charge on any atom is 0.397 e. The Balaban J connectivity index is 1.78. The molecule has 73 heavy (non-hydrogen) atoms. The second kappa shape index (κ2) is 24.1. The van der Waals surface area contributed by atoms with Gasteiger partial charge >= 0.3 is 74.1 Å². The number of nitrogens with one attached hydrogen (secondary N) is 2. The molecule has 0 bridgehead atoms. The van der Waals surface area contributed by atoms with E-state index in [9.17, 15) is 118 Å². The number of aliphatic carboxylic acids is 2. The summed E-state index contributed by atoms with van der Waals surface area (Å²) in [6.45, 7) is -3.22. The summed E-state index contributed by atoms with van der Waals surface area (Å²) < 4.78 is 266. The summed E-state index contributed by atoms with van der Waals surface area (Å²) in [6, 6.07) is -5.20. The van der Waals surface area contributed by atoms with E-state index in [1.807, 2.05) is 0 Å². The summed E-state index contributed by atoms with van der Waals surface area (Å²) in [5, 5.41) is 65.0. The largest absolute Gasteiger partial charge is 0.479 e. The lowest BCUT2D eigenvalue weighted by atomic mass is 9.94. The molecule has 0 amide bonds. The van der Waals surface area contributed by atoms with Crippen LogP contribution in [0.5, 0.6) is 0 Å². The van der Waals surface area contributed by atoms with Crippen LogP contribution in [0, 0.1) is 0 Å². The first-order valence-corrected chi connectivity index (χ1v) is 27.3. The van der Waals surface area contributed by atoms with Crippen molar-refractivity contribution in [3.63, 3.8) is 0 Å². The highest BCUT2D eigenvalue weighted by molar-refractivity contribution is 7.84. The van der Waals surface area contributed by atoms with Crippen LogP contribution in [0.15, 0.2) is 0 Å². The van der Waals surface area contributed by atoms with E-state index in [4.69, 9.17) is 42.6 Å². The maximum absolute atomic E-state index is 12.7. The van der Waals surface area contributed by atoms with Gasteiger partial charge in [-0.3, -0.25) is 27.3 Å². The van der Waals surface area contributed by atoms with Crippen LogP contribution >= 0.6 is 0 Å². The molecule has 4 unspecified atom stereocenters. The zero-order chi connectivity index (χ0) is 55.7. The van der Waals surface area contributed by atoms with Crippen LogP contribution in [0.4, 0.5) is 0 Å². The lowest BCUT2D eigenvalue weighted by molar-refractivity contribution is -0.369. The maximum atomic E-state index is 12.7. The zero-order valence-electron chi connectivity index (χ0n) is 35.8. The van der Waals surface area contributed by atoms with Gasteiger partial charge in [0.15, 0.2) is 43.5 Å². The molecule has 4 aliphatic heterocycles. The van der Waals surface area contributed by atoms with Crippen LogP contribution in [-0.4, -0.2) is 271 Å². The Bertz CT molecular complexity index is 2620. The number of hydrogen-bond acceptors (Lipinski definition) is 31. The second-order valence-corrected chi connectivity index (χ2v) is 21.6. The molecule has 14 N–H and O–H groups in total. The van der Waals surface area contributed by atoms with Gasteiger partial charge in [0.25, 0.3) is 0 Å². The highest BCUT2D eigenvalue weighted by Crippen LogP contribution is 2.37. The van der Waals surface area contributed by atoms with Crippen molar-refractivity contribution in [2.45, 2.75) is 123 Å². The molecule has 4 aliphatic rings. The quantitative estimate of drug-likeness (QED) is 0.0399. The van der Waals surface area contributed by atoms with Gasteiger partial charge in [-0.1, -0.05) is 0 Å². The number of rotatable bonds is 24. The van der Waals surface area contributed by atoms with Crippen molar-refractivity contribution in [2.75, 3.05) is 27.4 Å². The number of carboxylic acids is 2. The lowest BCUT2D eigenvalue weighted by Crippen LogP contribution is -2.70. The summed E-state index contributed by atoms with van der Waals surface area (Å²) in [5.41, 5.74) is 0. The first-order valence-electron chi connectivity index (χ1n) is 19.0. The van der Waals surface area contributed by atoms with Gasteiger partial charge in [-0.05, 0) is 0 Å². The minimum absolute atomic E-state index is 0.724. The summed E-state index contributed by atoms with van der Waals surface area (Å²) in [5.74, 6) is -4.30. The average Bonchev–Trinajstić information content (AvgIpc) is 3.21. The standard InChI is InChI=1S/C26H44N2O39S6/c1-55-16-12(32)18(67-73(52,53)54)26(65-19(16)21(33)34)61-13-5(3-57-70(43,44)45)60-24(7(9(13)29)27-68(37,38)39)63-17-10(30)11(31)25(64-20(17)22(35)36)62-14-6(4-58-71(46,47)48)59-23(56-2)8(28-69(40,41)42)15(14)66-72(49,50)51/h5-20,23-32H,3-4H2,1-2H3,(H,33,34)(H,35,36)(H,37,38,39)(H,40,41,42)(H,43,44,45)(H,46,47,48)(H,49,50,51)(H,52,53,54)/t5?,6?,7-,8-,9+,10+,11-,12-,13-,14-,15+,16+,17+,18-,19?,20?,23+,24-,25+,26+/m0/s1. The molecule has 0 saturated carbocycles. The summed E-state index contributed by atoms with van der Waals surface area (Å²) in [7, 11) is -32.5. The Morgan fingerprint density at radius 1 is 0.438 bits per heavy atom. The number of methoxy groups -OCH3 is 2. The number of aliphatic hydroxyl groups is 4. The zero-order valence-corrected chi connectivity index (χ0v) is 40.7. The summed E-state index contributed by atoms with van der Waals surface area (Å²) in [4.78, 5) is 24.8. The van der Waals surface area contributed by atoms with Crippen molar-refractivity contribution in [3.05, 3.63) is 0 Å². The van der Waals surface area contributed by atoms with Gasteiger partial charge < -0.3 is 73.3 Å². The molecule has 0 aromatic heterocycles. The molecule has 4 heterocycles. The van der Waals surface area contributed by atoms with Crippen molar-refractivity contribution >= 4 is 74.1 Å². The number of aliphatic hydroxyl groups excluding tert-OH is 4. The number of carbonyl (C=O) groups is 2. The summed E-state index contributed by atoms with van der Waals surface area (Å²) >= 11 is 0. The van der Waals surface area contributed by atoms with E-state index in [0.29, 0.717) is 0 Å². The van der Waals surface area contributed by atoms with Crippen LogP contribution < -0.4 is 9.44 Å². The molecule has 41 nitrogen and oxygen atoms in total. The smallest absolute Gasteiger partial charge is 0.397 e. The number of hydrogen-bond donors (Lipinski definition) is 14. The lowest BCUT2D eigenvalue weighted by Gasteiger charge is -2.49. The van der Waals surface area contributed by atoms with E-state index in [1.54, 1.807) is 0 Å². The van der Waals surface area contributed by atoms with Crippen molar-refractivity contribution in [2.24, 2.45) is 0 Å². The van der Waals surface area contributed by atoms with Gasteiger partial charge in [0.05, 0.1) is 13.2 Å². The molecule has 4 saturated heterocycles. The van der Waals surface area contributed by atoms with E-state index >= 15 is 0 Å². The topological polar surface area (TPSA) is 626 Å². The fourth-order valence-corrected chi connectivity index (χ4v) is 10.1. The third-order valence-electron chi connectivity index (χ3n) is 10.0. The van der Waals surface area contributed by atoms with Crippen LogP contribution in [0.25, 0.3) is 0 Å². The minimum Gasteiger partial charge on any atom is -0.479 e. The molecule has 0 radical (unpaired) electrons. The molecule has 4 rings (SSSR count). The Kier molecular flexibility index (Phi) is 20.9. The van der Waals surface area contributed by atoms with E-state index in [0.717, 1.165) is 14.2 Å². The highest BCUT2D eigenvalue weighted by atomic mass is 32.3. The van der Waals surface area contributed by atoms with Crippen LogP contribution in [-0.2, 0) is 131 Å². The second-order valence-electron chi connectivity index (χ2n) is 15.0. The third-order valence-corrected chi connectivity index (χ3v) is 13.0. The van der Waals surface area contributed by atoms with Gasteiger partial charge in [0.2, 0.25) is 0 Å². The molecule has 0 aromatic carbocycles. The fourth-order valence-electron chi connectivity index (χ4n) is 7.30. The van der Waals surface area contributed by atoms with Crippen molar-refractivity contribution in [1.82, 2.24) is 9.44 Å². The molecule has 0 aliphatic carbocycles. The molecular weight excluding hydrogens is 1160 g/mol. The monoisotopic (exact) mass is 1200 g/mol.